The molecule has 0 fully saturated rings. The molecule has 0 saturated carbocycles. The second kappa shape index (κ2) is 6.65. The van der Waals surface area contributed by atoms with Crippen LogP contribution in [0.3, 0.4) is 0 Å². The van der Waals surface area contributed by atoms with E-state index in [4.69, 9.17) is 5.84 Å². The van der Waals surface area contributed by atoms with Gasteiger partial charge >= 0.3 is 0 Å². The first-order chi connectivity index (χ1) is 9.10. The predicted octanol–water partition coefficient (Wildman–Crippen LogP) is 3.08. The van der Waals surface area contributed by atoms with Crippen LogP contribution in [0, 0.1) is 0 Å². The first-order valence-electron chi connectivity index (χ1n) is 5.99. The van der Waals surface area contributed by atoms with E-state index in [9.17, 15) is 0 Å². The van der Waals surface area contributed by atoms with Crippen LogP contribution < -0.4 is 11.3 Å². The molecule has 4 nitrogen and oxygen atoms in total. The maximum absolute atomic E-state index is 5.68. The fourth-order valence-electron chi connectivity index (χ4n) is 2.06. The van der Waals surface area contributed by atoms with E-state index in [1.54, 1.807) is 0 Å². The van der Waals surface area contributed by atoms with Gasteiger partial charge in [-0.2, -0.15) is 5.10 Å². The Morgan fingerprint density at radius 2 is 2.00 bits per heavy atom. The fourth-order valence-corrected chi connectivity index (χ4v) is 3.39. The van der Waals surface area contributed by atoms with Crippen LogP contribution in [-0.2, 0) is 13.5 Å². The van der Waals surface area contributed by atoms with E-state index in [1.807, 2.05) is 30.1 Å². The third-order valence-electron chi connectivity index (χ3n) is 3.10. The Labute approximate surface area is 129 Å². The minimum Gasteiger partial charge on any atom is -0.273 e. The Morgan fingerprint density at radius 3 is 2.53 bits per heavy atom. The lowest BCUT2D eigenvalue weighted by Gasteiger charge is -2.17. The molecule has 1 unspecified atom stereocenters. The van der Waals surface area contributed by atoms with Crippen molar-refractivity contribution in [2.24, 2.45) is 12.9 Å². The van der Waals surface area contributed by atoms with E-state index in [-0.39, 0.29) is 6.04 Å². The first kappa shape index (κ1) is 14.7. The zero-order valence-corrected chi connectivity index (χ0v) is 13.8. The van der Waals surface area contributed by atoms with Gasteiger partial charge in [-0.05, 0) is 42.7 Å². The summed E-state index contributed by atoms with van der Waals surface area (Å²) in [4.78, 5) is 0. The summed E-state index contributed by atoms with van der Waals surface area (Å²) >= 11 is 7.00. The van der Waals surface area contributed by atoms with Crippen LogP contribution in [0.5, 0.6) is 0 Å². The van der Waals surface area contributed by atoms with Crippen molar-refractivity contribution < 1.29 is 0 Å². The third kappa shape index (κ3) is 3.89. The zero-order chi connectivity index (χ0) is 13.8. The number of hydrogen-bond donors (Lipinski definition) is 2. The Morgan fingerprint density at radius 1 is 1.32 bits per heavy atom. The molecule has 0 amide bonds. The summed E-state index contributed by atoms with van der Waals surface area (Å²) in [6.45, 7) is 0. The van der Waals surface area contributed by atoms with Gasteiger partial charge in [0.15, 0.2) is 0 Å². The SMILES string of the molecule is Cn1nccc1CCC(NN)c1cc(Br)cc(Br)c1. The second-order valence-corrected chi connectivity index (χ2v) is 6.24. The lowest BCUT2D eigenvalue weighted by molar-refractivity contribution is 0.506. The van der Waals surface area contributed by atoms with Crippen LogP contribution in [0.25, 0.3) is 0 Å². The number of nitrogens with one attached hydrogen (secondary N) is 1. The molecule has 2 rings (SSSR count). The number of hydrazine groups is 1. The van der Waals surface area contributed by atoms with Crippen LogP contribution in [0.2, 0.25) is 0 Å². The summed E-state index contributed by atoms with van der Waals surface area (Å²) in [6.07, 6.45) is 3.66. The number of aromatic nitrogens is 2. The molecule has 0 aliphatic rings. The first-order valence-corrected chi connectivity index (χ1v) is 7.57. The number of aryl methyl sites for hydroxylation is 2. The average molecular weight is 388 g/mol. The van der Waals surface area contributed by atoms with E-state index in [2.05, 4.69) is 54.5 Å². The summed E-state index contributed by atoms with van der Waals surface area (Å²) in [5, 5.41) is 4.17. The molecule has 1 aromatic carbocycles. The second-order valence-electron chi connectivity index (χ2n) is 4.41. The minimum absolute atomic E-state index is 0.115. The molecule has 2 aromatic rings. The molecule has 0 aliphatic heterocycles. The van der Waals surface area contributed by atoms with Gasteiger partial charge in [-0.3, -0.25) is 16.0 Å². The Balaban J connectivity index is 2.09. The van der Waals surface area contributed by atoms with Crippen molar-refractivity contribution in [3.8, 4) is 0 Å². The highest BCUT2D eigenvalue weighted by Gasteiger charge is 2.12. The molecule has 0 spiro atoms. The van der Waals surface area contributed by atoms with Gasteiger partial charge in [0, 0.05) is 33.9 Å². The highest BCUT2D eigenvalue weighted by atomic mass is 79.9. The van der Waals surface area contributed by atoms with Crippen molar-refractivity contribution in [1.82, 2.24) is 15.2 Å². The summed E-state index contributed by atoms with van der Waals surface area (Å²) in [5.41, 5.74) is 5.24. The van der Waals surface area contributed by atoms with Crippen LogP contribution in [0.1, 0.15) is 23.7 Å². The van der Waals surface area contributed by atoms with E-state index in [0.717, 1.165) is 27.4 Å². The molecule has 6 heteroatoms. The molecule has 102 valence electrons. The largest absolute Gasteiger partial charge is 0.273 e. The lowest BCUT2D eigenvalue weighted by Crippen LogP contribution is -2.28. The Bertz CT molecular complexity index is 533. The predicted molar refractivity (Wildman–Crippen MR) is 83.4 cm³/mol. The Kier molecular flexibility index (Phi) is 5.15. The normalized spacial score (nSPS) is 12.6. The summed E-state index contributed by atoms with van der Waals surface area (Å²) in [6, 6.07) is 8.32. The molecule has 0 saturated heterocycles. The topological polar surface area (TPSA) is 55.9 Å². The maximum atomic E-state index is 5.68. The van der Waals surface area contributed by atoms with E-state index in [0.29, 0.717) is 0 Å². The molecule has 0 aliphatic carbocycles. The van der Waals surface area contributed by atoms with Crippen molar-refractivity contribution in [1.29, 1.82) is 0 Å². The number of nitrogens with zero attached hydrogens (tertiary/aromatic N) is 2. The van der Waals surface area contributed by atoms with Crippen LogP contribution in [0.4, 0.5) is 0 Å². The van der Waals surface area contributed by atoms with Gasteiger partial charge in [-0.25, -0.2) is 0 Å². The number of nitrogens with two attached hydrogens (primary N) is 1. The van der Waals surface area contributed by atoms with Gasteiger partial charge < -0.3 is 0 Å². The number of hydrogen-bond acceptors (Lipinski definition) is 3. The Hall–Kier alpha value is -0.690. The zero-order valence-electron chi connectivity index (χ0n) is 10.6. The van der Waals surface area contributed by atoms with E-state index >= 15 is 0 Å². The minimum atomic E-state index is 0.115. The molecule has 19 heavy (non-hydrogen) atoms. The molecule has 0 bridgehead atoms. The van der Waals surface area contributed by atoms with Gasteiger partial charge in [0.05, 0.1) is 0 Å². The van der Waals surface area contributed by atoms with Crippen molar-refractivity contribution in [2.45, 2.75) is 18.9 Å². The highest BCUT2D eigenvalue weighted by molar-refractivity contribution is 9.11. The van der Waals surface area contributed by atoms with Gasteiger partial charge in [-0.1, -0.05) is 31.9 Å². The highest BCUT2D eigenvalue weighted by Crippen LogP contribution is 2.26. The van der Waals surface area contributed by atoms with Crippen LogP contribution in [0.15, 0.2) is 39.4 Å². The monoisotopic (exact) mass is 386 g/mol. The van der Waals surface area contributed by atoms with E-state index in [1.165, 1.54) is 5.69 Å². The molecule has 1 heterocycles. The standard InChI is InChI=1S/C13H16Br2N4/c1-19-12(4-5-17-19)2-3-13(18-16)9-6-10(14)8-11(15)7-9/h4-8,13,18H,2-3,16H2,1H3. The summed E-state index contributed by atoms with van der Waals surface area (Å²) in [7, 11) is 1.95. The van der Waals surface area contributed by atoms with Crippen molar-refractivity contribution in [3.05, 3.63) is 50.7 Å². The van der Waals surface area contributed by atoms with Crippen molar-refractivity contribution in [2.75, 3.05) is 0 Å². The number of benzene rings is 1. The van der Waals surface area contributed by atoms with Gasteiger partial charge in [0.2, 0.25) is 0 Å². The quantitative estimate of drug-likeness (QED) is 0.612. The van der Waals surface area contributed by atoms with Crippen molar-refractivity contribution in [3.63, 3.8) is 0 Å². The van der Waals surface area contributed by atoms with Gasteiger partial charge in [0.25, 0.3) is 0 Å². The number of halogens is 2. The molecule has 3 N–H and O–H groups in total. The molecule has 0 radical (unpaired) electrons. The summed E-state index contributed by atoms with van der Waals surface area (Å²) in [5.74, 6) is 5.68. The fraction of sp³-hybridized carbons (Fsp3) is 0.308. The molecular formula is C13H16Br2N4. The molecule has 1 aromatic heterocycles. The smallest absolute Gasteiger partial charge is 0.0492 e. The maximum Gasteiger partial charge on any atom is 0.0492 e. The molecular weight excluding hydrogens is 372 g/mol. The van der Waals surface area contributed by atoms with Crippen LogP contribution in [-0.4, -0.2) is 9.78 Å². The average Bonchev–Trinajstić information content (AvgIpc) is 2.75. The van der Waals surface area contributed by atoms with Gasteiger partial charge in [0.1, 0.15) is 0 Å². The van der Waals surface area contributed by atoms with Crippen molar-refractivity contribution >= 4 is 31.9 Å². The summed E-state index contributed by atoms with van der Waals surface area (Å²) < 4.78 is 3.97. The molecule has 1 atom stereocenters. The number of rotatable bonds is 5. The van der Waals surface area contributed by atoms with E-state index < -0.39 is 0 Å². The third-order valence-corrected chi connectivity index (χ3v) is 4.02. The van der Waals surface area contributed by atoms with Gasteiger partial charge in [-0.15, -0.1) is 0 Å². The lowest BCUT2D eigenvalue weighted by atomic mass is 10.0. The van der Waals surface area contributed by atoms with Crippen LogP contribution >= 0.6 is 31.9 Å².